The second kappa shape index (κ2) is 6.31. The second-order valence-corrected chi connectivity index (χ2v) is 7.33. The van der Waals surface area contributed by atoms with E-state index >= 15 is 0 Å². The average Bonchev–Trinajstić information content (AvgIpc) is 3.14. The van der Waals surface area contributed by atoms with Crippen molar-refractivity contribution in [2.45, 2.75) is 53.1 Å². The number of aromatic nitrogens is 6. The number of hydrogen-bond acceptors (Lipinski definition) is 5. The van der Waals surface area contributed by atoms with Crippen molar-refractivity contribution in [2.75, 3.05) is 5.32 Å². The first-order chi connectivity index (χ1) is 11.7. The maximum atomic E-state index is 4.63. The molecule has 0 fully saturated rings. The van der Waals surface area contributed by atoms with Crippen LogP contribution in [0.4, 0.5) is 5.82 Å². The van der Waals surface area contributed by atoms with E-state index in [0.29, 0.717) is 5.82 Å². The highest BCUT2D eigenvalue weighted by Crippen LogP contribution is 2.23. The first kappa shape index (κ1) is 17.1. The van der Waals surface area contributed by atoms with Gasteiger partial charge < -0.3 is 5.32 Å². The third-order valence-corrected chi connectivity index (χ3v) is 4.06. The summed E-state index contributed by atoms with van der Waals surface area (Å²) in [5.74, 6) is 1.42. The number of anilines is 1. The van der Waals surface area contributed by atoms with Crippen LogP contribution in [-0.4, -0.2) is 29.8 Å². The molecule has 3 rings (SSSR count). The van der Waals surface area contributed by atoms with Gasteiger partial charge in [-0.2, -0.15) is 10.2 Å². The van der Waals surface area contributed by atoms with Crippen LogP contribution in [0.5, 0.6) is 0 Å². The molecule has 3 aromatic rings. The Morgan fingerprint density at radius 3 is 2.32 bits per heavy atom. The topological polar surface area (TPSA) is 73.5 Å². The van der Waals surface area contributed by atoms with Crippen molar-refractivity contribution in [1.29, 1.82) is 0 Å². The molecule has 132 valence electrons. The monoisotopic (exact) mass is 339 g/mol. The summed E-state index contributed by atoms with van der Waals surface area (Å²) in [4.78, 5) is 0. The normalized spacial score (nSPS) is 13.0. The molecule has 0 aromatic carbocycles. The molecule has 0 spiro atoms. The Balaban J connectivity index is 1.75. The van der Waals surface area contributed by atoms with Gasteiger partial charge in [0.15, 0.2) is 5.82 Å². The van der Waals surface area contributed by atoms with Crippen LogP contribution in [0.3, 0.4) is 0 Å². The number of aryl methyl sites for hydroxylation is 2. The maximum absolute atomic E-state index is 4.63. The van der Waals surface area contributed by atoms with Gasteiger partial charge in [0.2, 0.25) is 0 Å². The van der Waals surface area contributed by atoms with Gasteiger partial charge in [-0.3, -0.25) is 4.68 Å². The first-order valence-electron chi connectivity index (χ1n) is 8.43. The molecular weight excluding hydrogens is 314 g/mol. The fraction of sp³-hybridized carbons (Fsp3) is 0.444. The molecule has 3 aromatic heterocycles. The molecule has 0 amide bonds. The van der Waals surface area contributed by atoms with Gasteiger partial charge in [-0.1, -0.05) is 0 Å². The number of rotatable bonds is 4. The number of hydrogen-bond donors (Lipinski definition) is 1. The van der Waals surface area contributed by atoms with E-state index in [1.807, 2.05) is 42.9 Å². The smallest absolute Gasteiger partial charge is 0.175 e. The number of nitrogens with one attached hydrogen (secondary N) is 1. The minimum Gasteiger partial charge on any atom is -0.362 e. The molecule has 0 bridgehead atoms. The molecule has 0 saturated heterocycles. The molecule has 0 aliphatic heterocycles. The third kappa shape index (κ3) is 3.70. The second-order valence-electron chi connectivity index (χ2n) is 7.33. The molecule has 1 unspecified atom stereocenters. The average molecular weight is 339 g/mol. The van der Waals surface area contributed by atoms with Gasteiger partial charge in [0.25, 0.3) is 0 Å². The van der Waals surface area contributed by atoms with Crippen molar-refractivity contribution in [3.63, 3.8) is 0 Å². The minimum atomic E-state index is -0.0356. The largest absolute Gasteiger partial charge is 0.362 e. The van der Waals surface area contributed by atoms with Crippen molar-refractivity contribution < 1.29 is 0 Å². The zero-order valence-electron chi connectivity index (χ0n) is 15.6. The summed E-state index contributed by atoms with van der Waals surface area (Å²) >= 11 is 0. The van der Waals surface area contributed by atoms with Gasteiger partial charge in [-0.25, -0.2) is 4.68 Å². The summed E-state index contributed by atoms with van der Waals surface area (Å²) in [6.07, 6.45) is 3.97. The lowest BCUT2D eigenvalue weighted by molar-refractivity contribution is 0.354. The van der Waals surface area contributed by atoms with E-state index in [0.717, 1.165) is 22.8 Å². The van der Waals surface area contributed by atoms with Gasteiger partial charge in [-0.05, 0) is 59.7 Å². The number of nitrogens with zero attached hydrogens (tertiary/aromatic N) is 6. The fourth-order valence-electron chi connectivity index (χ4n) is 2.61. The van der Waals surface area contributed by atoms with E-state index in [1.165, 1.54) is 0 Å². The molecule has 7 nitrogen and oxygen atoms in total. The molecule has 1 N–H and O–H groups in total. The molecule has 0 saturated carbocycles. The van der Waals surface area contributed by atoms with Crippen molar-refractivity contribution in [2.24, 2.45) is 0 Å². The summed E-state index contributed by atoms with van der Waals surface area (Å²) in [5, 5.41) is 20.9. The summed E-state index contributed by atoms with van der Waals surface area (Å²) in [5.41, 5.74) is 3.09. The van der Waals surface area contributed by atoms with Crippen LogP contribution in [0.15, 0.2) is 30.6 Å². The Morgan fingerprint density at radius 1 is 1.04 bits per heavy atom. The maximum Gasteiger partial charge on any atom is 0.175 e. The van der Waals surface area contributed by atoms with Gasteiger partial charge in [0, 0.05) is 18.0 Å². The fourth-order valence-corrected chi connectivity index (χ4v) is 2.61. The van der Waals surface area contributed by atoms with E-state index in [-0.39, 0.29) is 11.6 Å². The van der Waals surface area contributed by atoms with Gasteiger partial charge in [0.1, 0.15) is 5.82 Å². The van der Waals surface area contributed by atoms with Crippen LogP contribution in [-0.2, 0) is 5.54 Å². The Morgan fingerprint density at radius 2 is 1.80 bits per heavy atom. The van der Waals surface area contributed by atoms with Crippen LogP contribution < -0.4 is 5.32 Å². The highest BCUT2D eigenvalue weighted by atomic mass is 15.3. The predicted octanol–water partition coefficient (Wildman–Crippen LogP) is 3.40. The molecule has 0 radical (unpaired) electrons. The standard InChI is InChI=1S/C18H25N7/c1-12-9-10-24(22-12)17-8-7-16(20-21-17)19-13(2)15-11-25(18(4,5)6)23-14(15)3/h7-11,13H,1-6H3,(H,19,20). The zero-order chi connectivity index (χ0) is 18.2. The first-order valence-corrected chi connectivity index (χ1v) is 8.43. The predicted molar refractivity (Wildman–Crippen MR) is 97.9 cm³/mol. The third-order valence-electron chi connectivity index (χ3n) is 4.06. The molecule has 25 heavy (non-hydrogen) atoms. The Bertz CT molecular complexity index is 852. The van der Waals surface area contributed by atoms with Crippen molar-refractivity contribution in [3.05, 3.63) is 47.5 Å². The van der Waals surface area contributed by atoms with Crippen molar-refractivity contribution in [1.82, 2.24) is 29.8 Å². The molecule has 1 atom stereocenters. The van der Waals surface area contributed by atoms with Crippen LogP contribution >= 0.6 is 0 Å². The molecule has 0 aliphatic carbocycles. The summed E-state index contributed by atoms with van der Waals surface area (Å²) in [6, 6.07) is 5.84. The Hall–Kier alpha value is -2.70. The lowest BCUT2D eigenvalue weighted by Crippen LogP contribution is -2.22. The summed E-state index contributed by atoms with van der Waals surface area (Å²) in [6.45, 7) is 12.5. The van der Waals surface area contributed by atoms with E-state index in [4.69, 9.17) is 0 Å². The van der Waals surface area contributed by atoms with Crippen LogP contribution in [0.25, 0.3) is 5.82 Å². The van der Waals surface area contributed by atoms with E-state index < -0.39 is 0 Å². The van der Waals surface area contributed by atoms with E-state index in [9.17, 15) is 0 Å². The molecule has 7 heteroatoms. The van der Waals surface area contributed by atoms with E-state index in [2.05, 4.69) is 59.6 Å². The lowest BCUT2D eigenvalue weighted by Gasteiger charge is -2.19. The van der Waals surface area contributed by atoms with Gasteiger partial charge in [-0.15, -0.1) is 10.2 Å². The van der Waals surface area contributed by atoms with Crippen molar-refractivity contribution in [3.8, 4) is 5.82 Å². The minimum absolute atomic E-state index is 0.0356. The Labute approximate surface area is 148 Å². The Kier molecular flexibility index (Phi) is 4.32. The highest BCUT2D eigenvalue weighted by Gasteiger charge is 2.19. The summed E-state index contributed by atoms with van der Waals surface area (Å²) in [7, 11) is 0. The van der Waals surface area contributed by atoms with E-state index in [1.54, 1.807) is 4.68 Å². The summed E-state index contributed by atoms with van der Waals surface area (Å²) < 4.78 is 3.72. The van der Waals surface area contributed by atoms with Crippen LogP contribution in [0, 0.1) is 13.8 Å². The van der Waals surface area contributed by atoms with Crippen LogP contribution in [0.1, 0.15) is 50.7 Å². The zero-order valence-corrected chi connectivity index (χ0v) is 15.6. The van der Waals surface area contributed by atoms with Gasteiger partial charge >= 0.3 is 0 Å². The quantitative estimate of drug-likeness (QED) is 0.788. The molecule has 0 aliphatic rings. The van der Waals surface area contributed by atoms with Crippen LogP contribution in [0.2, 0.25) is 0 Å². The molecular formula is C18H25N7. The lowest BCUT2D eigenvalue weighted by atomic mass is 10.1. The SMILES string of the molecule is Cc1ccn(-c2ccc(NC(C)c3cn(C(C)(C)C)nc3C)nn2)n1. The highest BCUT2D eigenvalue weighted by molar-refractivity contribution is 5.39. The van der Waals surface area contributed by atoms with Crippen molar-refractivity contribution >= 4 is 5.82 Å². The molecule has 3 heterocycles. The van der Waals surface area contributed by atoms with Gasteiger partial charge in [0.05, 0.1) is 23.0 Å².